The van der Waals surface area contributed by atoms with E-state index in [1.54, 1.807) is 0 Å². The number of para-hydroxylation sites is 1. The van der Waals surface area contributed by atoms with Crippen LogP contribution in [0.15, 0.2) is 30.5 Å². The second kappa shape index (κ2) is 8.04. The van der Waals surface area contributed by atoms with E-state index in [1.807, 2.05) is 18.3 Å². The van der Waals surface area contributed by atoms with E-state index in [1.165, 1.54) is 5.39 Å². The predicted octanol–water partition coefficient (Wildman–Crippen LogP) is 6.22. The van der Waals surface area contributed by atoms with Gasteiger partial charge in [0.1, 0.15) is 14.3 Å². The highest BCUT2D eigenvalue weighted by molar-refractivity contribution is 6.78. The summed E-state index contributed by atoms with van der Waals surface area (Å²) in [6, 6.07) is 7.92. The van der Waals surface area contributed by atoms with Gasteiger partial charge in [-0.2, -0.15) is 0 Å². The number of hydrogen-bond donors (Lipinski definition) is 2. The van der Waals surface area contributed by atoms with Crippen molar-refractivity contribution < 1.29 is 9.22 Å². The number of benzene rings is 1. The van der Waals surface area contributed by atoms with E-state index in [2.05, 4.69) is 89.8 Å². The third kappa shape index (κ3) is 5.41. The fourth-order valence-corrected chi connectivity index (χ4v) is 5.32. The number of hydrogen-bond acceptors (Lipinski definition) is 3. The average Bonchev–Trinajstić information content (AvgIpc) is 2.94. The third-order valence-corrected chi connectivity index (χ3v) is 16.1. The maximum absolute atomic E-state index is 13.4. The molecule has 2 rings (SSSR count). The van der Waals surface area contributed by atoms with E-state index in [-0.39, 0.29) is 22.1 Å². The van der Waals surface area contributed by atoms with Gasteiger partial charge in [0.05, 0.1) is 0 Å². The molecule has 2 aromatic rings. The largest absolute Gasteiger partial charge is 0.518 e. The monoisotopic (exact) mass is 432 g/mol. The van der Waals surface area contributed by atoms with Crippen LogP contribution in [0.4, 0.5) is 0 Å². The Kier molecular flexibility index (Phi) is 6.63. The lowest BCUT2D eigenvalue weighted by atomic mass is 10.1. The van der Waals surface area contributed by atoms with Gasteiger partial charge in [-0.1, -0.05) is 72.8 Å². The molecule has 1 heterocycles. The zero-order valence-corrected chi connectivity index (χ0v) is 22.0. The molecule has 0 fully saturated rings. The highest BCUT2D eigenvalue weighted by Crippen LogP contribution is 2.38. The van der Waals surface area contributed by atoms with Crippen LogP contribution < -0.4 is 4.98 Å². The average molecular weight is 433 g/mol. The fraction of sp³-hybridized carbons (Fsp3) is 0.609. The van der Waals surface area contributed by atoms with Gasteiger partial charge in [0.15, 0.2) is 0 Å². The number of carbonyl (C=O) groups excluding carboxylic acids is 1. The number of aromatic nitrogens is 1. The van der Waals surface area contributed by atoms with Crippen LogP contribution in [0.2, 0.25) is 36.3 Å². The van der Waals surface area contributed by atoms with E-state index >= 15 is 0 Å². The lowest BCUT2D eigenvalue weighted by Crippen LogP contribution is -2.60. The van der Waals surface area contributed by atoms with E-state index in [0.717, 1.165) is 11.1 Å². The van der Waals surface area contributed by atoms with Crippen molar-refractivity contribution in [2.24, 2.45) is 0 Å². The van der Waals surface area contributed by atoms with Gasteiger partial charge >= 0.3 is 5.97 Å². The number of H-pyrrole nitrogens is 1. The first-order chi connectivity index (χ1) is 13.1. The van der Waals surface area contributed by atoms with Crippen LogP contribution in [0.25, 0.3) is 10.9 Å². The molecular formula is C23H40N2O2Si2. The normalized spacial score (nSPS) is 14.8. The van der Waals surface area contributed by atoms with Gasteiger partial charge in [-0.3, -0.25) is 4.79 Å². The molecule has 1 aromatic heterocycles. The first-order valence-electron chi connectivity index (χ1n) is 10.6. The molecule has 0 aliphatic rings. The maximum atomic E-state index is 13.4. The van der Waals surface area contributed by atoms with Crippen LogP contribution >= 0.6 is 0 Å². The van der Waals surface area contributed by atoms with Crippen molar-refractivity contribution >= 4 is 33.4 Å². The van der Waals surface area contributed by atoms with Crippen molar-refractivity contribution in [1.29, 1.82) is 0 Å². The summed E-state index contributed by atoms with van der Waals surface area (Å²) in [6.07, 6.45) is 2.66. The summed E-state index contributed by atoms with van der Waals surface area (Å²) in [5, 5.41) is 1.29. The zero-order chi connectivity index (χ0) is 22.3. The Labute approximate surface area is 179 Å². The topological polar surface area (TPSA) is 54.1 Å². The molecule has 4 nitrogen and oxygen atoms in total. The van der Waals surface area contributed by atoms with Crippen molar-refractivity contribution in [2.45, 2.75) is 90.3 Å². The van der Waals surface area contributed by atoms with Crippen molar-refractivity contribution in [3.8, 4) is 0 Å². The van der Waals surface area contributed by atoms with Gasteiger partial charge in [-0.25, -0.2) is 0 Å². The summed E-state index contributed by atoms with van der Waals surface area (Å²) in [6.45, 7) is 22.2. The molecule has 1 atom stereocenters. The number of fused-ring (bicyclic) bond motifs is 1. The maximum Gasteiger partial charge on any atom is 0.309 e. The Hall–Kier alpha value is -1.38. The van der Waals surface area contributed by atoms with Crippen LogP contribution in [-0.2, 0) is 15.6 Å². The molecule has 0 aliphatic heterocycles. The molecule has 0 saturated heterocycles. The lowest BCUT2D eigenvalue weighted by molar-refractivity contribution is -0.137. The standard InChI is InChI=1S/C23H40N2O2Si2/c1-22(2,3)28(7,8)25-20(21(26)27-29(9,10)23(4,5)6)15-17-16-24-19-14-12-11-13-18(17)19/h11-14,16,20,24-25H,15H2,1-10H3. The number of aromatic amines is 1. The molecule has 2 N–H and O–H groups in total. The van der Waals surface area contributed by atoms with E-state index in [0.29, 0.717) is 6.42 Å². The summed E-state index contributed by atoms with van der Waals surface area (Å²) in [4.78, 5) is 20.6. The molecule has 6 heteroatoms. The van der Waals surface area contributed by atoms with Crippen LogP contribution in [0.3, 0.4) is 0 Å². The first-order valence-corrected chi connectivity index (χ1v) is 16.5. The second-order valence-corrected chi connectivity index (χ2v) is 21.1. The minimum atomic E-state index is -2.19. The Morgan fingerprint density at radius 1 is 1.03 bits per heavy atom. The van der Waals surface area contributed by atoms with Crippen molar-refractivity contribution in [3.63, 3.8) is 0 Å². The summed E-state index contributed by atoms with van der Waals surface area (Å²) in [5.41, 5.74) is 2.26. The fourth-order valence-electron chi connectivity index (χ4n) is 2.84. The molecule has 1 aromatic carbocycles. The molecule has 0 saturated carbocycles. The van der Waals surface area contributed by atoms with Gasteiger partial charge in [-0.05, 0) is 41.2 Å². The Morgan fingerprint density at radius 3 is 2.17 bits per heavy atom. The molecule has 1 unspecified atom stereocenters. The SMILES string of the molecule is CC(C)(C)[Si](C)(C)NC(Cc1c[nH]c2ccccc12)C(=O)O[Si](C)(C)C(C)(C)C. The molecule has 0 amide bonds. The highest BCUT2D eigenvalue weighted by Gasteiger charge is 2.44. The first kappa shape index (κ1) is 23.9. The molecular weight excluding hydrogens is 392 g/mol. The van der Waals surface area contributed by atoms with Gasteiger partial charge in [0.2, 0.25) is 0 Å². The van der Waals surface area contributed by atoms with Gasteiger partial charge in [0.25, 0.3) is 8.32 Å². The zero-order valence-electron chi connectivity index (χ0n) is 20.0. The van der Waals surface area contributed by atoms with E-state index in [9.17, 15) is 4.79 Å². The molecule has 0 bridgehead atoms. The van der Waals surface area contributed by atoms with Crippen LogP contribution in [0.5, 0.6) is 0 Å². The van der Waals surface area contributed by atoms with Gasteiger partial charge < -0.3 is 14.4 Å². The summed E-state index contributed by atoms with van der Waals surface area (Å²) < 4.78 is 6.23. The third-order valence-electron chi connectivity index (χ3n) is 6.96. The summed E-state index contributed by atoms with van der Waals surface area (Å²) in [7, 11) is -4.09. The molecule has 0 aliphatic carbocycles. The predicted molar refractivity (Wildman–Crippen MR) is 129 cm³/mol. The van der Waals surface area contributed by atoms with Crippen molar-refractivity contribution in [3.05, 3.63) is 36.0 Å². The van der Waals surface area contributed by atoms with E-state index < -0.39 is 16.6 Å². The van der Waals surface area contributed by atoms with E-state index in [4.69, 9.17) is 4.43 Å². The second-order valence-electron chi connectivity index (χ2n) is 11.3. The smallest absolute Gasteiger partial charge is 0.309 e. The molecule has 162 valence electrons. The van der Waals surface area contributed by atoms with Crippen LogP contribution in [0, 0.1) is 0 Å². The number of carbonyl (C=O) groups is 1. The van der Waals surface area contributed by atoms with Crippen molar-refractivity contribution in [2.75, 3.05) is 0 Å². The lowest BCUT2D eigenvalue weighted by Gasteiger charge is -2.41. The molecule has 29 heavy (non-hydrogen) atoms. The van der Waals surface area contributed by atoms with Crippen molar-refractivity contribution in [1.82, 2.24) is 9.97 Å². The van der Waals surface area contributed by atoms with Crippen LogP contribution in [-0.4, -0.2) is 33.5 Å². The quantitative estimate of drug-likeness (QED) is 0.533. The minimum Gasteiger partial charge on any atom is -0.518 e. The Balaban J connectivity index is 2.36. The number of nitrogens with one attached hydrogen (secondary N) is 2. The Morgan fingerprint density at radius 2 is 1.62 bits per heavy atom. The molecule has 0 radical (unpaired) electrons. The minimum absolute atomic E-state index is 0.00896. The van der Waals surface area contributed by atoms with Gasteiger partial charge in [-0.15, -0.1) is 0 Å². The van der Waals surface area contributed by atoms with Crippen LogP contribution in [0.1, 0.15) is 47.1 Å². The molecule has 0 spiro atoms. The van der Waals surface area contributed by atoms with Gasteiger partial charge in [0, 0.05) is 17.1 Å². The summed E-state index contributed by atoms with van der Waals surface area (Å²) >= 11 is 0. The highest BCUT2D eigenvalue weighted by atomic mass is 28.4. The summed E-state index contributed by atoms with van der Waals surface area (Å²) in [5.74, 6) is -0.105. The Bertz CT molecular complexity index is 858. The number of rotatable bonds is 6.